The zero-order valence-corrected chi connectivity index (χ0v) is 7.29. The summed E-state index contributed by atoms with van der Waals surface area (Å²) < 4.78 is 3.46. The first-order valence-corrected chi connectivity index (χ1v) is 3.81. The van der Waals surface area contributed by atoms with Crippen molar-refractivity contribution in [1.82, 2.24) is 0 Å². The maximum absolute atomic E-state index is 10.6. The minimum Gasteiger partial charge on any atom is -0.453 e. The van der Waals surface area contributed by atoms with Gasteiger partial charge in [-0.15, -0.1) is 0 Å². The van der Waals surface area contributed by atoms with E-state index in [1.807, 2.05) is 6.92 Å². The summed E-state index contributed by atoms with van der Waals surface area (Å²) in [6.07, 6.45) is 0.631. The monoisotopic (exact) mass is 182 g/mol. The Morgan fingerprint density at radius 3 is 2.20 bits per heavy atom. The highest BCUT2D eigenvalue weighted by Gasteiger charge is 2.64. The molecule has 0 bridgehead atoms. The van der Waals surface area contributed by atoms with Gasteiger partial charge in [-0.25, -0.2) is 4.79 Å². The zero-order valence-electron chi connectivity index (χ0n) is 5.78. The van der Waals surface area contributed by atoms with E-state index in [9.17, 15) is 4.79 Å². The van der Waals surface area contributed by atoms with Crippen molar-refractivity contribution in [3.05, 3.63) is 0 Å². The molecule has 1 aliphatic rings. The molecule has 4 heteroatoms. The molecule has 1 aliphatic heterocycles. The molecule has 0 aromatic heterocycles. The van der Waals surface area contributed by atoms with Crippen LogP contribution in [0.4, 0.5) is 0 Å². The normalized spacial score (nSPS) is 36.6. The number of alkyl halides is 2. The van der Waals surface area contributed by atoms with E-state index in [0.29, 0.717) is 6.42 Å². The standard InChI is InChI=1S/C6H8Cl2O2/c1-3-5(2)6(7,8)4(9)10-5/h3H2,1-2H3. The van der Waals surface area contributed by atoms with Gasteiger partial charge < -0.3 is 4.74 Å². The summed E-state index contributed by atoms with van der Waals surface area (Å²) >= 11 is 11.3. The molecule has 0 saturated carbocycles. The van der Waals surface area contributed by atoms with Gasteiger partial charge in [-0.2, -0.15) is 0 Å². The second kappa shape index (κ2) is 2.02. The fourth-order valence-electron chi connectivity index (χ4n) is 0.797. The van der Waals surface area contributed by atoms with Crippen LogP contribution in [0.1, 0.15) is 20.3 Å². The highest BCUT2D eigenvalue weighted by molar-refractivity contribution is 6.60. The van der Waals surface area contributed by atoms with Crippen LogP contribution in [-0.2, 0) is 9.53 Å². The van der Waals surface area contributed by atoms with Crippen molar-refractivity contribution in [2.45, 2.75) is 30.2 Å². The Morgan fingerprint density at radius 1 is 1.60 bits per heavy atom. The topological polar surface area (TPSA) is 26.3 Å². The van der Waals surface area contributed by atoms with Crippen LogP contribution in [0.5, 0.6) is 0 Å². The first-order valence-electron chi connectivity index (χ1n) is 3.05. The molecule has 1 saturated heterocycles. The molecular formula is C6H8Cl2O2. The summed E-state index contributed by atoms with van der Waals surface area (Å²) in [6.45, 7) is 3.58. The molecule has 1 fully saturated rings. The predicted octanol–water partition coefficient (Wildman–Crippen LogP) is 1.89. The van der Waals surface area contributed by atoms with Crippen molar-refractivity contribution in [1.29, 1.82) is 0 Å². The third kappa shape index (κ3) is 0.753. The summed E-state index contributed by atoms with van der Waals surface area (Å²) in [4.78, 5) is 10.6. The molecule has 1 rings (SSSR count). The van der Waals surface area contributed by atoms with Crippen LogP contribution in [-0.4, -0.2) is 15.9 Å². The van der Waals surface area contributed by atoms with E-state index in [0.717, 1.165) is 0 Å². The van der Waals surface area contributed by atoms with Gasteiger partial charge in [0.2, 0.25) is 0 Å². The Bertz CT molecular complexity index is 179. The zero-order chi connectivity index (χ0) is 7.99. The average Bonchev–Trinajstić information content (AvgIpc) is 1.88. The number of carbonyl (C=O) groups is 1. The molecule has 0 aromatic rings. The molecule has 0 aromatic carbocycles. The van der Waals surface area contributed by atoms with Gasteiger partial charge in [0.25, 0.3) is 4.33 Å². The van der Waals surface area contributed by atoms with E-state index >= 15 is 0 Å². The number of rotatable bonds is 1. The molecule has 1 heterocycles. The molecule has 0 aliphatic carbocycles. The van der Waals surface area contributed by atoms with Gasteiger partial charge in [0.1, 0.15) is 0 Å². The summed E-state index contributed by atoms with van der Waals surface area (Å²) in [5.74, 6) is -0.541. The summed E-state index contributed by atoms with van der Waals surface area (Å²) in [7, 11) is 0. The number of esters is 1. The van der Waals surface area contributed by atoms with Gasteiger partial charge >= 0.3 is 5.97 Å². The molecule has 0 amide bonds. The van der Waals surface area contributed by atoms with Crippen molar-refractivity contribution in [2.75, 3.05) is 0 Å². The SMILES string of the molecule is CCC1(C)OC(=O)C1(Cl)Cl. The molecule has 58 valence electrons. The lowest BCUT2D eigenvalue weighted by atomic mass is 9.92. The number of cyclic esters (lactones) is 1. The van der Waals surface area contributed by atoms with E-state index in [1.165, 1.54) is 0 Å². The summed E-state index contributed by atoms with van der Waals surface area (Å²) in [6, 6.07) is 0. The van der Waals surface area contributed by atoms with Crippen LogP contribution in [0.2, 0.25) is 0 Å². The molecule has 1 unspecified atom stereocenters. The first-order chi connectivity index (χ1) is 4.44. The molecule has 2 nitrogen and oxygen atoms in total. The summed E-state index contributed by atoms with van der Waals surface area (Å²) in [5, 5.41) is 0. The molecular weight excluding hydrogens is 175 g/mol. The van der Waals surface area contributed by atoms with Crippen LogP contribution in [0.15, 0.2) is 0 Å². The highest BCUT2D eigenvalue weighted by atomic mass is 35.5. The average molecular weight is 183 g/mol. The molecule has 0 radical (unpaired) electrons. The largest absolute Gasteiger partial charge is 0.453 e. The minimum absolute atomic E-state index is 0.541. The van der Waals surface area contributed by atoms with Gasteiger partial charge in [0, 0.05) is 0 Å². The van der Waals surface area contributed by atoms with Gasteiger partial charge in [-0.1, -0.05) is 30.1 Å². The van der Waals surface area contributed by atoms with Gasteiger partial charge in [-0.05, 0) is 13.3 Å². The van der Waals surface area contributed by atoms with Crippen LogP contribution >= 0.6 is 23.2 Å². The Morgan fingerprint density at radius 2 is 2.10 bits per heavy atom. The molecule has 0 spiro atoms. The lowest BCUT2D eigenvalue weighted by Crippen LogP contribution is -2.63. The molecule has 10 heavy (non-hydrogen) atoms. The van der Waals surface area contributed by atoms with Crippen LogP contribution in [0, 0.1) is 0 Å². The van der Waals surface area contributed by atoms with Gasteiger partial charge in [-0.3, -0.25) is 0 Å². The molecule has 1 atom stereocenters. The second-order valence-electron chi connectivity index (χ2n) is 2.55. The quantitative estimate of drug-likeness (QED) is 0.458. The number of hydrogen-bond acceptors (Lipinski definition) is 2. The van der Waals surface area contributed by atoms with E-state index in [1.54, 1.807) is 6.92 Å². The second-order valence-corrected chi connectivity index (χ2v) is 3.88. The van der Waals surface area contributed by atoms with Crippen molar-refractivity contribution in [3.8, 4) is 0 Å². The van der Waals surface area contributed by atoms with E-state index in [4.69, 9.17) is 27.9 Å². The maximum atomic E-state index is 10.6. The number of halogens is 2. The Balaban J connectivity index is 2.80. The fourth-order valence-corrected chi connectivity index (χ4v) is 1.22. The Labute approximate surface area is 69.4 Å². The van der Waals surface area contributed by atoms with Crippen molar-refractivity contribution < 1.29 is 9.53 Å². The van der Waals surface area contributed by atoms with E-state index in [-0.39, 0.29) is 0 Å². The van der Waals surface area contributed by atoms with Crippen molar-refractivity contribution in [2.24, 2.45) is 0 Å². The van der Waals surface area contributed by atoms with Gasteiger partial charge in [0.15, 0.2) is 5.60 Å². The minimum atomic E-state index is -1.33. The van der Waals surface area contributed by atoms with Crippen molar-refractivity contribution in [3.63, 3.8) is 0 Å². The number of ether oxygens (including phenoxy) is 1. The van der Waals surface area contributed by atoms with E-state index in [2.05, 4.69) is 0 Å². The van der Waals surface area contributed by atoms with Crippen LogP contribution in [0.3, 0.4) is 0 Å². The Kier molecular flexibility index (Phi) is 1.64. The third-order valence-electron chi connectivity index (χ3n) is 1.91. The fraction of sp³-hybridized carbons (Fsp3) is 0.833. The lowest BCUT2D eigenvalue weighted by molar-refractivity contribution is -0.191. The predicted molar refractivity (Wildman–Crippen MR) is 39.2 cm³/mol. The van der Waals surface area contributed by atoms with Gasteiger partial charge in [0.05, 0.1) is 0 Å². The summed E-state index contributed by atoms with van der Waals surface area (Å²) in [5.41, 5.74) is -0.687. The third-order valence-corrected chi connectivity index (χ3v) is 3.02. The smallest absolute Gasteiger partial charge is 0.347 e. The maximum Gasteiger partial charge on any atom is 0.347 e. The Hall–Kier alpha value is 0.0500. The highest BCUT2D eigenvalue weighted by Crippen LogP contribution is 2.48. The molecule has 0 N–H and O–H groups in total. The number of carbonyl (C=O) groups excluding carboxylic acids is 1. The van der Waals surface area contributed by atoms with E-state index < -0.39 is 15.9 Å². The van der Waals surface area contributed by atoms with Crippen LogP contribution in [0.25, 0.3) is 0 Å². The van der Waals surface area contributed by atoms with Crippen LogP contribution < -0.4 is 0 Å². The number of hydrogen-bond donors (Lipinski definition) is 0. The van der Waals surface area contributed by atoms with Crippen molar-refractivity contribution >= 4 is 29.2 Å². The first kappa shape index (κ1) is 8.15. The lowest BCUT2D eigenvalue weighted by Gasteiger charge is -2.46.